The summed E-state index contributed by atoms with van der Waals surface area (Å²) in [5.74, 6) is -1.47. The van der Waals surface area contributed by atoms with Gasteiger partial charge in [0.05, 0.1) is 16.1 Å². The minimum Gasteiger partial charge on any atom is -0.452 e. The number of amides is 1. The van der Waals surface area contributed by atoms with Gasteiger partial charge < -0.3 is 10.1 Å². The van der Waals surface area contributed by atoms with Crippen molar-refractivity contribution in [3.8, 4) is 6.07 Å². The van der Waals surface area contributed by atoms with Gasteiger partial charge >= 0.3 is 12.1 Å². The number of anilines is 1. The standard InChI is InChI=1S/C19H12ClF3N2O3/c20-16-9-15(7-4-13(16)10-24)25-17(26)11-28-18(27)8-3-12-1-5-14(6-2-12)19(21,22)23/h1-9H,11H2,(H,25,26). The molecular weight excluding hydrogens is 397 g/mol. The van der Waals surface area contributed by atoms with E-state index in [1.54, 1.807) is 0 Å². The number of ether oxygens (including phenoxy) is 1. The highest BCUT2D eigenvalue weighted by molar-refractivity contribution is 6.32. The third-order valence-corrected chi connectivity index (χ3v) is 3.68. The second kappa shape index (κ2) is 9.06. The number of esters is 1. The molecule has 9 heteroatoms. The number of halogens is 4. The molecule has 0 saturated heterocycles. The van der Waals surface area contributed by atoms with Crippen LogP contribution in [0.15, 0.2) is 48.5 Å². The van der Waals surface area contributed by atoms with Crippen LogP contribution in [0.25, 0.3) is 6.08 Å². The highest BCUT2D eigenvalue weighted by Crippen LogP contribution is 2.29. The summed E-state index contributed by atoms with van der Waals surface area (Å²) < 4.78 is 42.2. The topological polar surface area (TPSA) is 79.2 Å². The molecule has 2 aromatic carbocycles. The van der Waals surface area contributed by atoms with Crippen LogP contribution in [0.5, 0.6) is 0 Å². The molecule has 0 spiro atoms. The van der Waals surface area contributed by atoms with E-state index in [9.17, 15) is 22.8 Å². The smallest absolute Gasteiger partial charge is 0.416 e. The molecule has 144 valence electrons. The number of hydrogen-bond donors (Lipinski definition) is 1. The van der Waals surface area contributed by atoms with E-state index < -0.39 is 30.2 Å². The summed E-state index contributed by atoms with van der Waals surface area (Å²) in [5, 5.41) is 11.4. The summed E-state index contributed by atoms with van der Waals surface area (Å²) in [4.78, 5) is 23.4. The highest BCUT2D eigenvalue weighted by atomic mass is 35.5. The van der Waals surface area contributed by atoms with Crippen molar-refractivity contribution in [2.24, 2.45) is 0 Å². The minimum absolute atomic E-state index is 0.164. The number of nitrogens with one attached hydrogen (secondary N) is 1. The summed E-state index contributed by atoms with van der Waals surface area (Å²) in [6, 6.07) is 10.3. The first-order chi connectivity index (χ1) is 13.2. The number of benzene rings is 2. The van der Waals surface area contributed by atoms with Gasteiger partial charge in [0, 0.05) is 11.8 Å². The first kappa shape index (κ1) is 21.0. The zero-order valence-corrected chi connectivity index (χ0v) is 14.8. The van der Waals surface area contributed by atoms with Crippen molar-refractivity contribution in [2.45, 2.75) is 6.18 Å². The van der Waals surface area contributed by atoms with Gasteiger partial charge in [-0.3, -0.25) is 4.79 Å². The summed E-state index contributed by atoms with van der Waals surface area (Å²) in [7, 11) is 0. The second-order valence-electron chi connectivity index (χ2n) is 5.42. The number of nitriles is 1. The van der Waals surface area contributed by atoms with Crippen molar-refractivity contribution in [3.63, 3.8) is 0 Å². The average Bonchev–Trinajstić information content (AvgIpc) is 2.64. The maximum atomic E-state index is 12.5. The van der Waals surface area contributed by atoms with Crippen LogP contribution >= 0.6 is 11.6 Å². The molecule has 0 atom stereocenters. The van der Waals surface area contributed by atoms with Crippen LogP contribution in [0.4, 0.5) is 18.9 Å². The van der Waals surface area contributed by atoms with E-state index in [4.69, 9.17) is 21.6 Å². The molecular formula is C19H12ClF3N2O3. The molecule has 0 bridgehead atoms. The lowest BCUT2D eigenvalue weighted by Gasteiger charge is -2.06. The quantitative estimate of drug-likeness (QED) is 0.586. The van der Waals surface area contributed by atoms with E-state index in [1.165, 1.54) is 36.4 Å². The van der Waals surface area contributed by atoms with E-state index in [0.717, 1.165) is 18.2 Å². The Balaban J connectivity index is 1.84. The Morgan fingerprint density at radius 3 is 2.43 bits per heavy atom. The van der Waals surface area contributed by atoms with Crippen molar-refractivity contribution in [1.82, 2.24) is 0 Å². The molecule has 0 unspecified atom stereocenters. The van der Waals surface area contributed by atoms with Gasteiger partial charge in [-0.2, -0.15) is 18.4 Å². The first-order valence-corrected chi connectivity index (χ1v) is 8.08. The molecule has 1 amide bonds. The molecule has 2 aromatic rings. The van der Waals surface area contributed by atoms with Gasteiger partial charge in [0.1, 0.15) is 6.07 Å². The fourth-order valence-electron chi connectivity index (χ4n) is 2.01. The van der Waals surface area contributed by atoms with E-state index in [2.05, 4.69) is 5.32 Å². The lowest BCUT2D eigenvalue weighted by atomic mass is 10.1. The number of carbonyl (C=O) groups is 2. The fourth-order valence-corrected chi connectivity index (χ4v) is 2.24. The van der Waals surface area contributed by atoms with Crippen LogP contribution in [0.1, 0.15) is 16.7 Å². The van der Waals surface area contributed by atoms with Gasteiger partial charge in [0.25, 0.3) is 5.91 Å². The molecule has 2 rings (SSSR count). The van der Waals surface area contributed by atoms with Gasteiger partial charge in [-0.1, -0.05) is 23.7 Å². The minimum atomic E-state index is -4.44. The predicted octanol–water partition coefficient (Wildman–Crippen LogP) is 4.43. The molecule has 0 heterocycles. The number of rotatable bonds is 5. The maximum absolute atomic E-state index is 12.5. The van der Waals surface area contributed by atoms with Crippen molar-refractivity contribution < 1.29 is 27.5 Å². The zero-order chi connectivity index (χ0) is 20.7. The Kier molecular flexibility index (Phi) is 6.79. The largest absolute Gasteiger partial charge is 0.452 e. The van der Waals surface area contributed by atoms with Gasteiger partial charge in [-0.15, -0.1) is 0 Å². The summed E-state index contributed by atoms with van der Waals surface area (Å²) in [5.41, 5.74) is 0.137. The van der Waals surface area contributed by atoms with Gasteiger partial charge in [0.15, 0.2) is 6.61 Å². The first-order valence-electron chi connectivity index (χ1n) is 7.70. The SMILES string of the molecule is N#Cc1ccc(NC(=O)COC(=O)C=Cc2ccc(C(F)(F)F)cc2)cc1Cl. The van der Waals surface area contributed by atoms with Crippen LogP contribution in [0, 0.1) is 11.3 Å². The number of alkyl halides is 3. The third kappa shape index (κ3) is 6.14. The Labute approximate surface area is 163 Å². The summed E-state index contributed by atoms with van der Waals surface area (Å²) in [6.07, 6.45) is -2.18. The average molecular weight is 409 g/mol. The Hall–Kier alpha value is -3.31. The van der Waals surface area contributed by atoms with Gasteiger partial charge in [-0.25, -0.2) is 4.79 Å². The molecule has 0 aliphatic heterocycles. The normalized spacial score (nSPS) is 11.1. The number of hydrogen-bond acceptors (Lipinski definition) is 4. The van der Waals surface area contributed by atoms with Crippen molar-refractivity contribution >= 4 is 35.2 Å². The van der Waals surface area contributed by atoms with Gasteiger partial charge in [0.2, 0.25) is 0 Å². The Morgan fingerprint density at radius 2 is 1.86 bits per heavy atom. The van der Waals surface area contributed by atoms with Crippen LogP contribution in [-0.4, -0.2) is 18.5 Å². The Morgan fingerprint density at radius 1 is 1.18 bits per heavy atom. The van der Waals surface area contributed by atoms with Gasteiger partial charge in [-0.05, 0) is 42.0 Å². The van der Waals surface area contributed by atoms with E-state index in [-0.39, 0.29) is 10.6 Å². The molecule has 28 heavy (non-hydrogen) atoms. The predicted molar refractivity (Wildman–Crippen MR) is 96.2 cm³/mol. The van der Waals surface area contributed by atoms with E-state index >= 15 is 0 Å². The summed E-state index contributed by atoms with van der Waals surface area (Å²) >= 11 is 5.84. The molecule has 0 aliphatic carbocycles. The van der Waals surface area contributed by atoms with E-state index in [0.29, 0.717) is 11.3 Å². The molecule has 5 nitrogen and oxygen atoms in total. The molecule has 0 saturated carbocycles. The molecule has 0 aromatic heterocycles. The second-order valence-corrected chi connectivity index (χ2v) is 5.82. The van der Waals surface area contributed by atoms with Crippen LogP contribution in [0.2, 0.25) is 5.02 Å². The Bertz CT molecular complexity index is 948. The lowest BCUT2D eigenvalue weighted by Crippen LogP contribution is -2.20. The molecule has 1 N–H and O–H groups in total. The lowest BCUT2D eigenvalue weighted by molar-refractivity contribution is -0.142. The molecule has 0 aliphatic rings. The zero-order valence-electron chi connectivity index (χ0n) is 14.1. The summed E-state index contributed by atoms with van der Waals surface area (Å²) in [6.45, 7) is -0.576. The van der Waals surface area contributed by atoms with Crippen molar-refractivity contribution in [1.29, 1.82) is 5.26 Å². The monoisotopic (exact) mass is 408 g/mol. The van der Waals surface area contributed by atoms with Crippen molar-refractivity contribution in [3.05, 3.63) is 70.3 Å². The van der Waals surface area contributed by atoms with E-state index in [1.807, 2.05) is 6.07 Å². The molecule has 0 fully saturated rings. The maximum Gasteiger partial charge on any atom is 0.416 e. The van der Waals surface area contributed by atoms with Crippen LogP contribution in [0.3, 0.4) is 0 Å². The van der Waals surface area contributed by atoms with Crippen LogP contribution < -0.4 is 5.32 Å². The molecule has 0 radical (unpaired) electrons. The third-order valence-electron chi connectivity index (χ3n) is 3.37. The van der Waals surface area contributed by atoms with Crippen LogP contribution in [-0.2, 0) is 20.5 Å². The van der Waals surface area contributed by atoms with Crippen molar-refractivity contribution in [2.75, 3.05) is 11.9 Å². The fraction of sp³-hybridized carbons (Fsp3) is 0.105. The highest BCUT2D eigenvalue weighted by Gasteiger charge is 2.29. The number of carbonyl (C=O) groups excluding carboxylic acids is 2. The number of nitrogens with zero attached hydrogens (tertiary/aromatic N) is 1.